The second-order valence-corrected chi connectivity index (χ2v) is 3.83. The van der Waals surface area contributed by atoms with E-state index in [0.29, 0.717) is 0 Å². The van der Waals surface area contributed by atoms with Crippen LogP contribution in [0.1, 0.15) is 19.3 Å². The standard InChI is InChI=1S/C9H11F6NO3/c10-8(11,12)3-5(1-2-6(17)18)4-16-7(19)9(13,14)15/h5H,1-4H2,(H,16,19)(H,17,18). The van der Waals surface area contributed by atoms with Crippen LogP contribution in [0.5, 0.6) is 0 Å². The summed E-state index contributed by atoms with van der Waals surface area (Å²) in [5, 5.41) is 9.63. The number of amides is 1. The molecule has 0 aromatic heterocycles. The Labute approximate surface area is 103 Å². The molecule has 2 N–H and O–H groups in total. The fourth-order valence-corrected chi connectivity index (χ4v) is 1.27. The number of nitrogens with one attached hydrogen (secondary N) is 1. The van der Waals surface area contributed by atoms with Crippen LogP contribution in [0.4, 0.5) is 26.3 Å². The van der Waals surface area contributed by atoms with Crippen LogP contribution in [0.15, 0.2) is 0 Å². The average molecular weight is 295 g/mol. The minimum atomic E-state index is -5.18. The van der Waals surface area contributed by atoms with E-state index >= 15 is 0 Å². The lowest BCUT2D eigenvalue weighted by atomic mass is 9.99. The van der Waals surface area contributed by atoms with Crippen molar-refractivity contribution in [2.45, 2.75) is 31.6 Å². The number of halogens is 6. The van der Waals surface area contributed by atoms with Crippen molar-refractivity contribution < 1.29 is 41.0 Å². The Morgan fingerprint density at radius 2 is 1.63 bits per heavy atom. The molecule has 0 spiro atoms. The number of aliphatic carboxylic acids is 1. The SMILES string of the molecule is O=C(O)CCC(CNC(=O)C(F)(F)F)CC(F)(F)F. The van der Waals surface area contributed by atoms with Gasteiger partial charge in [-0.2, -0.15) is 26.3 Å². The first-order valence-corrected chi connectivity index (χ1v) is 5.05. The highest BCUT2D eigenvalue weighted by Gasteiger charge is 2.39. The molecule has 0 saturated heterocycles. The number of carbonyl (C=O) groups is 2. The highest BCUT2D eigenvalue weighted by molar-refractivity contribution is 5.81. The summed E-state index contributed by atoms with van der Waals surface area (Å²) in [5.41, 5.74) is 0. The van der Waals surface area contributed by atoms with Crippen molar-refractivity contribution in [1.82, 2.24) is 5.32 Å². The number of carboxylic acid groups (broad SMARTS) is 1. The molecule has 0 aromatic carbocycles. The summed E-state index contributed by atoms with van der Waals surface area (Å²) in [7, 11) is 0. The molecule has 1 amide bonds. The summed E-state index contributed by atoms with van der Waals surface area (Å²) >= 11 is 0. The van der Waals surface area contributed by atoms with Gasteiger partial charge in [0.05, 0.1) is 0 Å². The zero-order valence-corrected chi connectivity index (χ0v) is 9.44. The molecular weight excluding hydrogens is 284 g/mol. The molecule has 19 heavy (non-hydrogen) atoms. The fraction of sp³-hybridized carbons (Fsp3) is 0.778. The lowest BCUT2D eigenvalue weighted by Crippen LogP contribution is -2.40. The van der Waals surface area contributed by atoms with Crippen molar-refractivity contribution in [3.05, 3.63) is 0 Å². The summed E-state index contributed by atoms with van der Waals surface area (Å²) < 4.78 is 71.8. The molecule has 0 radical (unpaired) electrons. The molecule has 0 heterocycles. The van der Waals surface area contributed by atoms with Gasteiger partial charge in [-0.3, -0.25) is 9.59 Å². The lowest BCUT2D eigenvalue weighted by Gasteiger charge is -2.19. The number of hydrogen-bond donors (Lipinski definition) is 2. The van der Waals surface area contributed by atoms with Crippen LogP contribution in [-0.2, 0) is 9.59 Å². The van der Waals surface area contributed by atoms with Gasteiger partial charge in [-0.15, -0.1) is 0 Å². The molecule has 1 unspecified atom stereocenters. The van der Waals surface area contributed by atoms with E-state index < -0.39 is 56.0 Å². The molecular formula is C9H11F6NO3. The zero-order chi connectivity index (χ0) is 15.3. The summed E-state index contributed by atoms with van der Waals surface area (Å²) in [6.45, 7) is -0.884. The van der Waals surface area contributed by atoms with Crippen LogP contribution in [0.2, 0.25) is 0 Å². The smallest absolute Gasteiger partial charge is 0.471 e. The quantitative estimate of drug-likeness (QED) is 0.737. The van der Waals surface area contributed by atoms with Gasteiger partial charge in [0, 0.05) is 19.4 Å². The van der Waals surface area contributed by atoms with Crippen LogP contribution < -0.4 is 5.32 Å². The molecule has 0 aliphatic heterocycles. The van der Waals surface area contributed by atoms with Crippen LogP contribution in [0.3, 0.4) is 0 Å². The highest BCUT2D eigenvalue weighted by Crippen LogP contribution is 2.27. The Morgan fingerprint density at radius 1 is 1.11 bits per heavy atom. The minimum Gasteiger partial charge on any atom is -0.481 e. The summed E-state index contributed by atoms with van der Waals surface area (Å²) in [5.74, 6) is -5.13. The highest BCUT2D eigenvalue weighted by atomic mass is 19.4. The van der Waals surface area contributed by atoms with E-state index in [2.05, 4.69) is 0 Å². The molecule has 0 fully saturated rings. The normalized spacial score (nSPS) is 14.0. The molecule has 0 aliphatic carbocycles. The molecule has 10 heteroatoms. The van der Waals surface area contributed by atoms with Crippen molar-refractivity contribution in [3.63, 3.8) is 0 Å². The molecule has 0 saturated carbocycles. The Hall–Kier alpha value is -1.48. The maximum Gasteiger partial charge on any atom is 0.471 e. The molecule has 0 aliphatic rings. The fourth-order valence-electron chi connectivity index (χ4n) is 1.27. The molecule has 4 nitrogen and oxygen atoms in total. The van der Waals surface area contributed by atoms with Crippen molar-refractivity contribution in [3.8, 4) is 0 Å². The molecule has 0 aromatic rings. The van der Waals surface area contributed by atoms with Gasteiger partial charge in [0.2, 0.25) is 0 Å². The molecule has 0 bridgehead atoms. The Morgan fingerprint density at radius 3 is 2.00 bits per heavy atom. The first-order chi connectivity index (χ1) is 8.42. The second kappa shape index (κ2) is 6.62. The third kappa shape index (κ3) is 9.14. The zero-order valence-electron chi connectivity index (χ0n) is 9.44. The van der Waals surface area contributed by atoms with Crippen LogP contribution in [0, 0.1) is 5.92 Å². The van der Waals surface area contributed by atoms with E-state index in [9.17, 15) is 35.9 Å². The number of carbonyl (C=O) groups excluding carboxylic acids is 1. The predicted octanol–water partition coefficient (Wildman–Crippen LogP) is 2.10. The lowest BCUT2D eigenvalue weighted by molar-refractivity contribution is -0.174. The average Bonchev–Trinajstić information content (AvgIpc) is 2.18. The summed E-state index contributed by atoms with van der Waals surface area (Å²) in [6, 6.07) is 0. The van der Waals surface area contributed by atoms with Crippen molar-refractivity contribution >= 4 is 11.9 Å². The van der Waals surface area contributed by atoms with E-state index in [4.69, 9.17) is 5.11 Å². The maximum atomic E-state index is 12.1. The molecule has 1 atom stereocenters. The maximum absolute atomic E-state index is 12.1. The predicted molar refractivity (Wildman–Crippen MR) is 50.1 cm³/mol. The Bertz CT molecular complexity index is 325. The van der Waals surface area contributed by atoms with Gasteiger partial charge in [0.15, 0.2) is 0 Å². The summed E-state index contributed by atoms with van der Waals surface area (Å²) in [6.07, 6.45) is -12.4. The van der Waals surface area contributed by atoms with Gasteiger partial charge in [-0.05, 0) is 12.3 Å². The van der Waals surface area contributed by atoms with Gasteiger partial charge in [0.25, 0.3) is 0 Å². The van der Waals surface area contributed by atoms with E-state index in [1.165, 1.54) is 5.32 Å². The Balaban J connectivity index is 4.42. The number of alkyl halides is 6. The van der Waals surface area contributed by atoms with Crippen molar-refractivity contribution in [1.29, 1.82) is 0 Å². The first kappa shape index (κ1) is 17.5. The third-order valence-electron chi connectivity index (χ3n) is 2.10. The van der Waals surface area contributed by atoms with Gasteiger partial charge in [-0.25, -0.2) is 0 Å². The monoisotopic (exact) mass is 295 g/mol. The van der Waals surface area contributed by atoms with Crippen LogP contribution >= 0.6 is 0 Å². The van der Waals surface area contributed by atoms with Gasteiger partial charge >= 0.3 is 24.2 Å². The van der Waals surface area contributed by atoms with Gasteiger partial charge in [0.1, 0.15) is 0 Å². The second-order valence-electron chi connectivity index (χ2n) is 3.83. The number of hydrogen-bond acceptors (Lipinski definition) is 2. The number of rotatable bonds is 6. The Kier molecular flexibility index (Phi) is 6.10. The van der Waals surface area contributed by atoms with Gasteiger partial charge < -0.3 is 10.4 Å². The largest absolute Gasteiger partial charge is 0.481 e. The van der Waals surface area contributed by atoms with E-state index in [1.807, 2.05) is 0 Å². The van der Waals surface area contributed by atoms with E-state index in [1.54, 1.807) is 0 Å². The number of carboxylic acids is 1. The van der Waals surface area contributed by atoms with Crippen molar-refractivity contribution in [2.75, 3.05) is 6.54 Å². The minimum absolute atomic E-state index is 0.479. The van der Waals surface area contributed by atoms with Crippen LogP contribution in [0.25, 0.3) is 0 Å². The van der Waals surface area contributed by atoms with Gasteiger partial charge in [-0.1, -0.05) is 0 Å². The van der Waals surface area contributed by atoms with Crippen molar-refractivity contribution in [2.24, 2.45) is 5.92 Å². The summed E-state index contributed by atoms with van der Waals surface area (Å²) in [4.78, 5) is 20.7. The third-order valence-corrected chi connectivity index (χ3v) is 2.10. The molecule has 0 rings (SSSR count). The van der Waals surface area contributed by atoms with E-state index in [-0.39, 0.29) is 0 Å². The van der Waals surface area contributed by atoms with Crippen LogP contribution in [-0.4, -0.2) is 35.9 Å². The van der Waals surface area contributed by atoms with E-state index in [0.717, 1.165) is 0 Å². The topological polar surface area (TPSA) is 66.4 Å². The first-order valence-electron chi connectivity index (χ1n) is 5.05. The molecule has 112 valence electrons.